The van der Waals surface area contributed by atoms with Gasteiger partial charge in [-0.15, -0.1) is 0 Å². The summed E-state index contributed by atoms with van der Waals surface area (Å²) in [5.74, 6) is 0.107. The Balaban J connectivity index is 1.63. The van der Waals surface area contributed by atoms with E-state index >= 15 is 0 Å². The summed E-state index contributed by atoms with van der Waals surface area (Å²) in [6.45, 7) is -0.0113. The second-order valence-electron chi connectivity index (χ2n) is 6.28. The molecule has 4 rings (SSSR count). The molecular formula is C22H18N2O3. The van der Waals surface area contributed by atoms with Crippen LogP contribution < -0.4 is 15.4 Å². The predicted molar refractivity (Wildman–Crippen MR) is 103 cm³/mol. The van der Waals surface area contributed by atoms with E-state index in [1.807, 2.05) is 60.7 Å². The first-order valence-electron chi connectivity index (χ1n) is 8.68. The molecule has 1 aliphatic rings. The first-order chi connectivity index (χ1) is 13.2. The molecule has 0 aliphatic carbocycles. The maximum atomic E-state index is 12.9. The highest BCUT2D eigenvalue weighted by Gasteiger charge is 2.21. The number of rotatable bonds is 4. The van der Waals surface area contributed by atoms with Crippen LogP contribution in [0.3, 0.4) is 0 Å². The molecule has 3 aromatic rings. The summed E-state index contributed by atoms with van der Waals surface area (Å²) in [5, 5.41) is 5.82. The van der Waals surface area contributed by atoms with Crippen molar-refractivity contribution in [3.05, 3.63) is 95.6 Å². The van der Waals surface area contributed by atoms with Crippen molar-refractivity contribution in [2.24, 2.45) is 0 Å². The summed E-state index contributed by atoms with van der Waals surface area (Å²) < 4.78 is 5.35. The Morgan fingerprint density at radius 2 is 1.56 bits per heavy atom. The number of hydrogen-bond donors (Lipinski definition) is 2. The van der Waals surface area contributed by atoms with E-state index in [4.69, 9.17) is 4.74 Å². The van der Waals surface area contributed by atoms with E-state index in [0.29, 0.717) is 17.0 Å². The number of anilines is 1. The van der Waals surface area contributed by atoms with Crippen molar-refractivity contribution in [1.82, 2.24) is 5.32 Å². The normalized spacial score (nSPS) is 12.7. The highest BCUT2D eigenvalue weighted by molar-refractivity contribution is 6.00. The van der Waals surface area contributed by atoms with Gasteiger partial charge in [-0.3, -0.25) is 9.59 Å². The number of fused-ring (bicyclic) bond motifs is 1. The Kier molecular flexibility index (Phi) is 4.58. The summed E-state index contributed by atoms with van der Waals surface area (Å²) in [6.07, 6.45) is 0. The third-order valence-corrected chi connectivity index (χ3v) is 4.42. The van der Waals surface area contributed by atoms with E-state index in [2.05, 4.69) is 10.6 Å². The minimum absolute atomic E-state index is 0.0113. The number of ether oxygens (including phenoxy) is 1. The Hall–Kier alpha value is -3.60. The van der Waals surface area contributed by atoms with Gasteiger partial charge in [0.25, 0.3) is 11.8 Å². The smallest absolute Gasteiger partial charge is 0.262 e. The zero-order chi connectivity index (χ0) is 18.6. The lowest BCUT2D eigenvalue weighted by molar-refractivity contribution is -0.118. The Labute approximate surface area is 157 Å². The van der Waals surface area contributed by atoms with Crippen molar-refractivity contribution in [3.63, 3.8) is 0 Å². The van der Waals surface area contributed by atoms with Gasteiger partial charge in [-0.2, -0.15) is 0 Å². The number of benzene rings is 3. The minimum Gasteiger partial charge on any atom is -0.482 e. The van der Waals surface area contributed by atoms with Crippen molar-refractivity contribution in [1.29, 1.82) is 0 Å². The third-order valence-electron chi connectivity index (χ3n) is 4.42. The van der Waals surface area contributed by atoms with E-state index in [9.17, 15) is 9.59 Å². The molecule has 2 amide bonds. The van der Waals surface area contributed by atoms with Crippen molar-refractivity contribution in [2.75, 3.05) is 11.9 Å². The van der Waals surface area contributed by atoms with Gasteiger partial charge in [-0.25, -0.2) is 0 Å². The lowest BCUT2D eigenvalue weighted by Gasteiger charge is -2.21. The van der Waals surface area contributed by atoms with Crippen molar-refractivity contribution >= 4 is 17.5 Å². The second-order valence-corrected chi connectivity index (χ2v) is 6.28. The van der Waals surface area contributed by atoms with Crippen LogP contribution in [-0.4, -0.2) is 18.4 Å². The summed E-state index contributed by atoms with van der Waals surface area (Å²) in [6, 6.07) is 24.4. The van der Waals surface area contributed by atoms with Crippen LogP contribution >= 0.6 is 0 Å². The van der Waals surface area contributed by atoms with Crippen molar-refractivity contribution in [3.8, 4) is 5.75 Å². The van der Waals surface area contributed by atoms with Crippen molar-refractivity contribution < 1.29 is 14.3 Å². The number of carbonyl (C=O) groups is 2. The second kappa shape index (κ2) is 7.33. The zero-order valence-electron chi connectivity index (χ0n) is 14.5. The molecule has 0 bridgehead atoms. The van der Waals surface area contributed by atoms with Gasteiger partial charge in [0.1, 0.15) is 5.75 Å². The van der Waals surface area contributed by atoms with Gasteiger partial charge in [0.05, 0.1) is 11.7 Å². The molecule has 1 heterocycles. The summed E-state index contributed by atoms with van der Waals surface area (Å²) in [4.78, 5) is 24.4. The molecule has 2 N–H and O–H groups in total. The number of nitrogens with one attached hydrogen (secondary N) is 2. The number of hydrogen-bond acceptors (Lipinski definition) is 3. The van der Waals surface area contributed by atoms with Crippen LogP contribution in [0.2, 0.25) is 0 Å². The molecule has 0 fully saturated rings. The summed E-state index contributed by atoms with van der Waals surface area (Å²) in [5.41, 5.74) is 2.95. The molecule has 5 nitrogen and oxygen atoms in total. The maximum Gasteiger partial charge on any atom is 0.262 e. The molecule has 27 heavy (non-hydrogen) atoms. The molecule has 0 saturated heterocycles. The van der Waals surface area contributed by atoms with Crippen LogP contribution in [0.1, 0.15) is 27.5 Å². The predicted octanol–water partition coefficient (Wildman–Crippen LogP) is 3.54. The average Bonchev–Trinajstić information content (AvgIpc) is 2.72. The van der Waals surface area contributed by atoms with E-state index < -0.39 is 0 Å². The fourth-order valence-electron chi connectivity index (χ4n) is 3.09. The van der Waals surface area contributed by atoms with Crippen LogP contribution in [0, 0.1) is 0 Å². The van der Waals surface area contributed by atoms with Gasteiger partial charge >= 0.3 is 0 Å². The van der Waals surface area contributed by atoms with Crippen molar-refractivity contribution in [2.45, 2.75) is 6.04 Å². The van der Waals surface area contributed by atoms with E-state index in [1.165, 1.54) is 0 Å². The summed E-state index contributed by atoms with van der Waals surface area (Å²) in [7, 11) is 0. The molecule has 1 aliphatic heterocycles. The van der Waals surface area contributed by atoms with Crippen LogP contribution in [-0.2, 0) is 4.79 Å². The fourth-order valence-corrected chi connectivity index (χ4v) is 3.09. The molecule has 134 valence electrons. The molecule has 0 spiro atoms. The van der Waals surface area contributed by atoms with Gasteiger partial charge in [-0.05, 0) is 29.3 Å². The Bertz CT molecular complexity index is 932. The molecule has 5 heteroatoms. The largest absolute Gasteiger partial charge is 0.482 e. The molecule has 0 unspecified atom stereocenters. The highest BCUT2D eigenvalue weighted by Crippen LogP contribution is 2.29. The Morgan fingerprint density at radius 3 is 2.19 bits per heavy atom. The first kappa shape index (κ1) is 16.8. The van der Waals surface area contributed by atoms with Crippen LogP contribution in [0.4, 0.5) is 5.69 Å². The molecule has 0 saturated carbocycles. The van der Waals surface area contributed by atoms with Crippen LogP contribution in [0.15, 0.2) is 78.9 Å². The molecule has 3 aromatic carbocycles. The first-order valence-corrected chi connectivity index (χ1v) is 8.68. The summed E-state index contributed by atoms with van der Waals surface area (Å²) >= 11 is 0. The zero-order valence-corrected chi connectivity index (χ0v) is 14.5. The molecular weight excluding hydrogens is 340 g/mol. The fraction of sp³-hybridized carbons (Fsp3) is 0.0909. The topological polar surface area (TPSA) is 67.4 Å². The molecule has 0 radical (unpaired) electrons. The van der Waals surface area contributed by atoms with Gasteiger partial charge in [0, 0.05) is 5.56 Å². The van der Waals surface area contributed by atoms with E-state index in [-0.39, 0.29) is 24.5 Å². The minimum atomic E-state index is -0.276. The monoisotopic (exact) mass is 358 g/mol. The molecule has 0 atom stereocenters. The van der Waals surface area contributed by atoms with Gasteiger partial charge in [0.15, 0.2) is 6.61 Å². The van der Waals surface area contributed by atoms with E-state index in [1.54, 1.807) is 18.2 Å². The quantitative estimate of drug-likeness (QED) is 0.750. The van der Waals surface area contributed by atoms with Crippen LogP contribution in [0.5, 0.6) is 5.75 Å². The van der Waals surface area contributed by atoms with Gasteiger partial charge in [-0.1, -0.05) is 60.7 Å². The Morgan fingerprint density at radius 1 is 0.926 bits per heavy atom. The molecule has 0 aromatic heterocycles. The lowest BCUT2D eigenvalue weighted by atomic mass is 9.98. The maximum absolute atomic E-state index is 12.9. The van der Waals surface area contributed by atoms with Gasteiger partial charge in [0.2, 0.25) is 0 Å². The van der Waals surface area contributed by atoms with Crippen LogP contribution in [0.25, 0.3) is 0 Å². The third kappa shape index (κ3) is 3.67. The lowest BCUT2D eigenvalue weighted by Crippen LogP contribution is -2.30. The van der Waals surface area contributed by atoms with Gasteiger partial charge < -0.3 is 15.4 Å². The number of carbonyl (C=O) groups excluding carboxylic acids is 2. The SMILES string of the molecule is O=C1COc2ccc(C(=O)NC(c3ccccc3)c3ccccc3)cc2N1. The standard InChI is InChI=1S/C22H18N2O3/c25-20-14-27-19-12-11-17(13-18(19)23-20)22(26)24-21(15-7-3-1-4-8-15)16-9-5-2-6-10-16/h1-13,21H,14H2,(H,23,25)(H,24,26). The van der Waals surface area contributed by atoms with E-state index in [0.717, 1.165) is 11.1 Å². The number of amides is 2. The highest BCUT2D eigenvalue weighted by atomic mass is 16.5. The average molecular weight is 358 g/mol.